The molecule has 25 heavy (non-hydrogen) atoms. The van der Waals surface area contributed by atoms with Gasteiger partial charge < -0.3 is 15.8 Å². The normalized spacial score (nSPS) is 11.4. The molecule has 6 heteroatoms. The lowest BCUT2D eigenvalue weighted by Gasteiger charge is -2.07. The zero-order chi connectivity index (χ0) is 17.4. The molecule has 4 N–H and O–H groups in total. The fraction of sp³-hybridized carbons (Fsp3) is 0.211. The molecule has 0 aliphatic heterocycles. The van der Waals surface area contributed by atoms with Crippen LogP contribution < -0.4 is 5.73 Å². The molecule has 1 aromatic carbocycles. The molecule has 4 rings (SSSR count). The standard InChI is InChI=1S/C19H19N5O/c1-11-6-7-21-10-14(11)12-4-5-13-15(9-12)22-19(20)18-17(13)23-16(24-18)3-2-8-25/h4-7,9-10,25H,2-3,8H2,1H3,(H2,20,22)(H,23,24). The molecule has 0 spiro atoms. The minimum atomic E-state index is 0.138. The van der Waals surface area contributed by atoms with Crippen molar-refractivity contribution in [1.82, 2.24) is 19.9 Å². The smallest absolute Gasteiger partial charge is 0.150 e. The van der Waals surface area contributed by atoms with Crippen molar-refractivity contribution >= 4 is 27.8 Å². The molecule has 0 radical (unpaired) electrons. The minimum absolute atomic E-state index is 0.138. The first-order valence-electron chi connectivity index (χ1n) is 8.27. The van der Waals surface area contributed by atoms with Gasteiger partial charge in [0.1, 0.15) is 22.7 Å². The molecule has 6 nitrogen and oxygen atoms in total. The molecule has 0 bridgehead atoms. The Hall–Kier alpha value is -2.99. The summed E-state index contributed by atoms with van der Waals surface area (Å²) in [4.78, 5) is 16.7. The number of H-pyrrole nitrogens is 1. The van der Waals surface area contributed by atoms with Crippen LogP contribution in [-0.2, 0) is 6.42 Å². The van der Waals surface area contributed by atoms with Crippen LogP contribution in [0.15, 0.2) is 36.7 Å². The van der Waals surface area contributed by atoms with Gasteiger partial charge in [-0.15, -0.1) is 0 Å². The molecular weight excluding hydrogens is 314 g/mol. The zero-order valence-electron chi connectivity index (χ0n) is 14.0. The number of rotatable bonds is 4. The predicted molar refractivity (Wildman–Crippen MR) is 99.2 cm³/mol. The Balaban J connectivity index is 1.89. The van der Waals surface area contributed by atoms with E-state index in [0.29, 0.717) is 18.7 Å². The van der Waals surface area contributed by atoms with E-state index in [1.807, 2.05) is 24.4 Å². The van der Waals surface area contributed by atoms with E-state index < -0.39 is 0 Å². The highest BCUT2D eigenvalue weighted by atomic mass is 16.2. The summed E-state index contributed by atoms with van der Waals surface area (Å²) in [5.74, 6) is 1.25. The van der Waals surface area contributed by atoms with Crippen LogP contribution in [0, 0.1) is 6.92 Å². The molecule has 0 atom stereocenters. The van der Waals surface area contributed by atoms with E-state index in [9.17, 15) is 0 Å². The lowest BCUT2D eigenvalue weighted by Crippen LogP contribution is -1.94. The van der Waals surface area contributed by atoms with E-state index in [0.717, 1.165) is 44.5 Å². The third kappa shape index (κ3) is 2.70. The van der Waals surface area contributed by atoms with Crippen molar-refractivity contribution in [2.24, 2.45) is 0 Å². The average Bonchev–Trinajstić information content (AvgIpc) is 3.05. The molecule has 3 aromatic heterocycles. The van der Waals surface area contributed by atoms with Gasteiger partial charge in [-0.1, -0.05) is 6.07 Å². The van der Waals surface area contributed by atoms with Gasteiger partial charge in [0.05, 0.1) is 5.52 Å². The number of aliphatic hydroxyl groups excluding tert-OH is 1. The van der Waals surface area contributed by atoms with Crippen LogP contribution in [0.1, 0.15) is 17.8 Å². The first-order chi connectivity index (χ1) is 12.2. The number of aryl methyl sites for hydroxylation is 2. The summed E-state index contributed by atoms with van der Waals surface area (Å²) in [6.45, 7) is 2.20. The number of aliphatic hydroxyl groups is 1. The summed E-state index contributed by atoms with van der Waals surface area (Å²) >= 11 is 0. The number of aromatic nitrogens is 4. The quantitative estimate of drug-likeness (QED) is 0.533. The van der Waals surface area contributed by atoms with Gasteiger partial charge in [0.25, 0.3) is 0 Å². The maximum atomic E-state index is 9.01. The third-order valence-corrected chi connectivity index (χ3v) is 4.42. The molecule has 0 aliphatic rings. The van der Waals surface area contributed by atoms with Crippen LogP contribution in [0.2, 0.25) is 0 Å². The fourth-order valence-electron chi connectivity index (χ4n) is 3.11. The van der Waals surface area contributed by atoms with Crippen LogP contribution in [-0.4, -0.2) is 31.6 Å². The first kappa shape index (κ1) is 15.5. The number of pyridine rings is 2. The average molecular weight is 333 g/mol. The summed E-state index contributed by atoms with van der Waals surface area (Å²) < 4.78 is 0. The minimum Gasteiger partial charge on any atom is -0.396 e. The number of aromatic amines is 1. The van der Waals surface area contributed by atoms with Crippen molar-refractivity contribution in [3.63, 3.8) is 0 Å². The van der Waals surface area contributed by atoms with E-state index in [1.165, 1.54) is 0 Å². The lowest BCUT2D eigenvalue weighted by molar-refractivity contribution is 0.287. The molecule has 0 saturated carbocycles. The Bertz CT molecular complexity index is 1070. The van der Waals surface area contributed by atoms with E-state index in [1.54, 1.807) is 6.20 Å². The Morgan fingerprint density at radius 1 is 1.20 bits per heavy atom. The highest BCUT2D eigenvalue weighted by Gasteiger charge is 2.13. The summed E-state index contributed by atoms with van der Waals surface area (Å²) in [6.07, 6.45) is 4.99. The van der Waals surface area contributed by atoms with Gasteiger partial charge in [-0.3, -0.25) is 4.98 Å². The number of nitrogens with zero attached hydrogens (tertiary/aromatic N) is 3. The Kier molecular flexibility index (Phi) is 3.82. The number of fused-ring (bicyclic) bond motifs is 3. The third-order valence-electron chi connectivity index (χ3n) is 4.42. The molecule has 0 aliphatic carbocycles. The van der Waals surface area contributed by atoms with Gasteiger partial charge in [0.2, 0.25) is 0 Å². The van der Waals surface area contributed by atoms with Crippen LogP contribution in [0.25, 0.3) is 33.1 Å². The molecule has 4 aromatic rings. The topological polar surface area (TPSA) is 101 Å². The molecule has 0 saturated heterocycles. The summed E-state index contributed by atoms with van der Waals surface area (Å²) in [6, 6.07) is 8.11. The number of nitrogens with two attached hydrogens (primary N) is 1. The van der Waals surface area contributed by atoms with Crippen molar-refractivity contribution in [3.05, 3.63) is 48.0 Å². The van der Waals surface area contributed by atoms with Gasteiger partial charge in [-0.2, -0.15) is 0 Å². The fourth-order valence-corrected chi connectivity index (χ4v) is 3.11. The lowest BCUT2D eigenvalue weighted by atomic mass is 10.0. The van der Waals surface area contributed by atoms with Gasteiger partial charge in [0.15, 0.2) is 0 Å². The number of hydrogen-bond donors (Lipinski definition) is 3. The SMILES string of the molecule is Cc1ccncc1-c1ccc2c(c1)nc(N)c1[nH]c(CCCO)nc12. The second-order valence-electron chi connectivity index (χ2n) is 6.15. The van der Waals surface area contributed by atoms with Gasteiger partial charge in [-0.05, 0) is 42.7 Å². The van der Waals surface area contributed by atoms with Gasteiger partial charge >= 0.3 is 0 Å². The molecule has 126 valence electrons. The number of imidazole rings is 1. The molecule has 0 amide bonds. The molecule has 3 heterocycles. The van der Waals surface area contributed by atoms with Crippen molar-refractivity contribution in [2.45, 2.75) is 19.8 Å². The van der Waals surface area contributed by atoms with Crippen molar-refractivity contribution < 1.29 is 5.11 Å². The van der Waals surface area contributed by atoms with Crippen LogP contribution in [0.4, 0.5) is 5.82 Å². The number of hydrogen-bond acceptors (Lipinski definition) is 5. The first-order valence-corrected chi connectivity index (χ1v) is 8.27. The van der Waals surface area contributed by atoms with E-state index in [2.05, 4.69) is 32.9 Å². The van der Waals surface area contributed by atoms with Crippen LogP contribution in [0.3, 0.4) is 0 Å². The summed E-state index contributed by atoms with van der Waals surface area (Å²) in [5.41, 5.74) is 11.8. The highest BCUT2D eigenvalue weighted by molar-refractivity contribution is 6.07. The number of nitrogen functional groups attached to an aromatic ring is 1. The van der Waals surface area contributed by atoms with E-state index in [-0.39, 0.29) is 6.61 Å². The Morgan fingerprint density at radius 2 is 2.08 bits per heavy atom. The highest BCUT2D eigenvalue weighted by Crippen LogP contribution is 2.30. The summed E-state index contributed by atoms with van der Waals surface area (Å²) in [5, 5.41) is 9.97. The zero-order valence-corrected chi connectivity index (χ0v) is 14.0. The Labute approximate surface area is 144 Å². The van der Waals surface area contributed by atoms with Crippen molar-refractivity contribution in [2.75, 3.05) is 12.3 Å². The number of benzene rings is 1. The number of nitrogens with one attached hydrogen (secondary N) is 1. The second kappa shape index (κ2) is 6.14. The van der Waals surface area contributed by atoms with E-state index >= 15 is 0 Å². The molecule has 0 fully saturated rings. The molecule has 0 unspecified atom stereocenters. The van der Waals surface area contributed by atoms with Gasteiger partial charge in [-0.25, -0.2) is 9.97 Å². The predicted octanol–water partition coefficient (Wildman–Crippen LogP) is 2.99. The second-order valence-corrected chi connectivity index (χ2v) is 6.15. The van der Waals surface area contributed by atoms with Crippen molar-refractivity contribution in [3.8, 4) is 11.1 Å². The number of anilines is 1. The van der Waals surface area contributed by atoms with Crippen LogP contribution >= 0.6 is 0 Å². The van der Waals surface area contributed by atoms with Crippen molar-refractivity contribution in [1.29, 1.82) is 0 Å². The van der Waals surface area contributed by atoms with Crippen LogP contribution in [0.5, 0.6) is 0 Å². The monoisotopic (exact) mass is 333 g/mol. The summed E-state index contributed by atoms with van der Waals surface area (Å²) in [7, 11) is 0. The Morgan fingerprint density at radius 3 is 2.88 bits per heavy atom. The van der Waals surface area contributed by atoms with Gasteiger partial charge in [0, 0.05) is 36.4 Å². The maximum Gasteiger partial charge on any atom is 0.150 e. The maximum absolute atomic E-state index is 9.01. The largest absolute Gasteiger partial charge is 0.396 e. The van der Waals surface area contributed by atoms with E-state index in [4.69, 9.17) is 10.8 Å². The molecular formula is C19H19N5O.